The maximum atomic E-state index is 5.27. The van der Waals surface area contributed by atoms with E-state index >= 15 is 0 Å². The number of aromatic nitrogens is 1. The molecule has 2 rings (SSSR count). The molecular weight excluding hydrogens is 262 g/mol. The van der Waals surface area contributed by atoms with E-state index in [9.17, 15) is 0 Å². The van der Waals surface area contributed by atoms with Crippen LogP contribution in [0.1, 0.15) is 31.4 Å². The van der Waals surface area contributed by atoms with Crippen LogP contribution in [0.4, 0.5) is 5.82 Å². The predicted octanol–water partition coefficient (Wildman–Crippen LogP) is 2.61. The van der Waals surface area contributed by atoms with Gasteiger partial charge in [-0.15, -0.1) is 0 Å². The molecular formula is C17H29N3O. The summed E-state index contributed by atoms with van der Waals surface area (Å²) < 4.78 is 5.27. The lowest BCUT2D eigenvalue weighted by Gasteiger charge is -2.20. The zero-order chi connectivity index (χ0) is 15.2. The number of rotatable bonds is 7. The molecule has 0 amide bonds. The summed E-state index contributed by atoms with van der Waals surface area (Å²) in [6, 6.07) is 2.26. The summed E-state index contributed by atoms with van der Waals surface area (Å²) in [6.07, 6.45) is 3.21. The van der Waals surface area contributed by atoms with Gasteiger partial charge in [0.2, 0.25) is 0 Å². The number of nitrogens with one attached hydrogen (secondary N) is 1. The summed E-state index contributed by atoms with van der Waals surface area (Å²) in [7, 11) is 1.78. The number of anilines is 1. The maximum absolute atomic E-state index is 5.27. The minimum Gasteiger partial charge on any atom is -0.384 e. The van der Waals surface area contributed by atoms with Crippen molar-refractivity contribution >= 4 is 5.82 Å². The van der Waals surface area contributed by atoms with Crippen molar-refractivity contribution in [3.05, 3.63) is 23.4 Å². The van der Waals surface area contributed by atoms with E-state index in [0.717, 1.165) is 38.6 Å². The molecule has 1 N–H and O–H groups in total. The standard InChI is InChI=1S/C17H29N3O/c1-13(2)8-18-9-16-7-14(3)17(19-10-16)20-6-5-15(11-20)12-21-4/h7,10,13,15,18H,5-6,8-9,11-12H2,1-4H3. The average Bonchev–Trinajstić information content (AvgIpc) is 2.87. The Kier molecular flexibility index (Phi) is 6.00. The third-order valence-corrected chi connectivity index (χ3v) is 3.98. The molecule has 4 heteroatoms. The van der Waals surface area contributed by atoms with E-state index in [1.54, 1.807) is 7.11 Å². The number of methoxy groups -OCH3 is 1. The quantitative estimate of drug-likeness (QED) is 0.838. The second kappa shape index (κ2) is 7.76. The van der Waals surface area contributed by atoms with Crippen LogP contribution in [0.2, 0.25) is 0 Å². The van der Waals surface area contributed by atoms with Gasteiger partial charge in [-0.2, -0.15) is 0 Å². The highest BCUT2D eigenvalue weighted by Gasteiger charge is 2.24. The van der Waals surface area contributed by atoms with E-state index < -0.39 is 0 Å². The first kappa shape index (κ1) is 16.2. The van der Waals surface area contributed by atoms with Gasteiger partial charge in [0, 0.05) is 38.9 Å². The topological polar surface area (TPSA) is 37.4 Å². The first-order valence-electron chi connectivity index (χ1n) is 8.00. The molecule has 21 heavy (non-hydrogen) atoms. The molecule has 0 aliphatic carbocycles. The Morgan fingerprint density at radius 1 is 1.48 bits per heavy atom. The Balaban J connectivity index is 1.93. The summed E-state index contributed by atoms with van der Waals surface area (Å²) >= 11 is 0. The monoisotopic (exact) mass is 291 g/mol. The second-order valence-electron chi connectivity index (χ2n) is 6.56. The number of aryl methyl sites for hydroxylation is 1. The van der Waals surface area contributed by atoms with Crippen molar-refractivity contribution in [1.82, 2.24) is 10.3 Å². The van der Waals surface area contributed by atoms with Crippen molar-refractivity contribution in [3.8, 4) is 0 Å². The predicted molar refractivity (Wildman–Crippen MR) is 87.7 cm³/mol. The third kappa shape index (κ3) is 4.68. The van der Waals surface area contributed by atoms with Crippen molar-refractivity contribution in [2.75, 3.05) is 38.3 Å². The van der Waals surface area contributed by atoms with Crippen molar-refractivity contribution < 1.29 is 4.74 Å². The van der Waals surface area contributed by atoms with Crippen molar-refractivity contribution in [1.29, 1.82) is 0 Å². The Hall–Kier alpha value is -1.13. The van der Waals surface area contributed by atoms with Crippen LogP contribution < -0.4 is 10.2 Å². The van der Waals surface area contributed by atoms with Gasteiger partial charge in [-0.05, 0) is 43.0 Å². The SMILES string of the molecule is COCC1CCN(c2ncc(CNCC(C)C)cc2C)C1. The smallest absolute Gasteiger partial charge is 0.131 e. The Morgan fingerprint density at radius 3 is 2.95 bits per heavy atom. The lowest BCUT2D eigenvalue weighted by molar-refractivity contribution is 0.161. The fourth-order valence-electron chi connectivity index (χ4n) is 2.96. The van der Waals surface area contributed by atoms with Crippen LogP contribution in [0.5, 0.6) is 0 Å². The van der Waals surface area contributed by atoms with Gasteiger partial charge in [0.1, 0.15) is 5.82 Å². The van der Waals surface area contributed by atoms with Crippen LogP contribution in [0.3, 0.4) is 0 Å². The zero-order valence-electron chi connectivity index (χ0n) is 13.9. The molecule has 0 saturated carbocycles. The largest absolute Gasteiger partial charge is 0.384 e. The normalized spacial score (nSPS) is 18.7. The number of hydrogen-bond acceptors (Lipinski definition) is 4. The lowest BCUT2D eigenvalue weighted by Crippen LogP contribution is -2.23. The molecule has 1 saturated heterocycles. The summed E-state index contributed by atoms with van der Waals surface area (Å²) in [5.41, 5.74) is 2.54. The fraction of sp³-hybridized carbons (Fsp3) is 0.706. The molecule has 1 unspecified atom stereocenters. The van der Waals surface area contributed by atoms with E-state index in [1.807, 2.05) is 6.20 Å². The van der Waals surface area contributed by atoms with Gasteiger partial charge < -0.3 is 15.0 Å². The Labute approximate surface area is 128 Å². The van der Waals surface area contributed by atoms with Crippen molar-refractivity contribution in [2.24, 2.45) is 11.8 Å². The molecule has 0 bridgehead atoms. The van der Waals surface area contributed by atoms with Gasteiger partial charge in [0.25, 0.3) is 0 Å². The number of hydrogen-bond donors (Lipinski definition) is 1. The number of nitrogens with zero attached hydrogens (tertiary/aromatic N) is 2. The molecule has 0 aromatic carbocycles. The molecule has 1 aromatic heterocycles. The Bertz CT molecular complexity index is 448. The van der Waals surface area contributed by atoms with E-state index in [4.69, 9.17) is 9.72 Å². The minimum atomic E-state index is 0.642. The highest BCUT2D eigenvalue weighted by Crippen LogP contribution is 2.25. The molecule has 1 aromatic rings. The highest BCUT2D eigenvalue weighted by molar-refractivity contribution is 5.48. The maximum Gasteiger partial charge on any atom is 0.131 e. The number of ether oxygens (including phenoxy) is 1. The molecule has 1 atom stereocenters. The molecule has 118 valence electrons. The van der Waals surface area contributed by atoms with Gasteiger partial charge in [0.05, 0.1) is 6.61 Å². The van der Waals surface area contributed by atoms with Gasteiger partial charge >= 0.3 is 0 Å². The highest BCUT2D eigenvalue weighted by atomic mass is 16.5. The van der Waals surface area contributed by atoms with E-state index in [2.05, 4.69) is 37.1 Å². The van der Waals surface area contributed by atoms with Crippen LogP contribution in [0.15, 0.2) is 12.3 Å². The minimum absolute atomic E-state index is 0.642. The van der Waals surface area contributed by atoms with E-state index in [0.29, 0.717) is 11.8 Å². The van der Waals surface area contributed by atoms with Gasteiger partial charge in [-0.1, -0.05) is 13.8 Å². The third-order valence-electron chi connectivity index (χ3n) is 3.98. The van der Waals surface area contributed by atoms with Crippen LogP contribution in [-0.2, 0) is 11.3 Å². The molecule has 1 fully saturated rings. The van der Waals surface area contributed by atoms with Crippen molar-refractivity contribution in [2.45, 2.75) is 33.7 Å². The van der Waals surface area contributed by atoms with Gasteiger partial charge in [0.15, 0.2) is 0 Å². The van der Waals surface area contributed by atoms with Crippen LogP contribution in [0.25, 0.3) is 0 Å². The summed E-state index contributed by atoms with van der Waals surface area (Å²) in [4.78, 5) is 7.09. The van der Waals surface area contributed by atoms with Crippen LogP contribution >= 0.6 is 0 Å². The molecule has 2 heterocycles. The molecule has 4 nitrogen and oxygen atoms in total. The van der Waals surface area contributed by atoms with Crippen LogP contribution in [0, 0.1) is 18.8 Å². The second-order valence-corrected chi connectivity index (χ2v) is 6.56. The van der Waals surface area contributed by atoms with Gasteiger partial charge in [-0.3, -0.25) is 0 Å². The lowest BCUT2D eigenvalue weighted by atomic mass is 10.1. The van der Waals surface area contributed by atoms with Crippen LogP contribution in [-0.4, -0.2) is 38.3 Å². The summed E-state index contributed by atoms with van der Waals surface area (Å²) in [5, 5.41) is 3.47. The molecule has 0 spiro atoms. The Morgan fingerprint density at radius 2 is 2.29 bits per heavy atom. The zero-order valence-corrected chi connectivity index (χ0v) is 13.9. The fourth-order valence-corrected chi connectivity index (χ4v) is 2.96. The molecule has 1 aliphatic rings. The molecule has 0 radical (unpaired) electrons. The first-order valence-corrected chi connectivity index (χ1v) is 8.00. The summed E-state index contributed by atoms with van der Waals surface area (Å²) in [5.74, 6) is 2.46. The van der Waals surface area contributed by atoms with E-state index in [-0.39, 0.29) is 0 Å². The average molecular weight is 291 g/mol. The van der Waals surface area contributed by atoms with E-state index in [1.165, 1.54) is 17.5 Å². The first-order chi connectivity index (χ1) is 10.1. The van der Waals surface area contributed by atoms with Gasteiger partial charge in [-0.25, -0.2) is 4.98 Å². The molecule has 1 aliphatic heterocycles. The summed E-state index contributed by atoms with van der Waals surface area (Å²) in [6.45, 7) is 11.6. The number of pyridine rings is 1. The van der Waals surface area contributed by atoms with Crippen molar-refractivity contribution in [3.63, 3.8) is 0 Å².